The fraction of sp³-hybridized carbons (Fsp3) is 0.400. The molecule has 0 unspecified atom stereocenters. The van der Waals surface area contributed by atoms with Crippen molar-refractivity contribution in [1.29, 1.82) is 0 Å². The summed E-state index contributed by atoms with van der Waals surface area (Å²) in [7, 11) is 0. The Morgan fingerprint density at radius 3 is 2.86 bits per heavy atom. The quantitative estimate of drug-likeness (QED) is 0.938. The Balaban J connectivity index is 0.00000161. The SMILES string of the molecule is C[C@H]1CNCCN1Cc1csc(-c2ccc(F)cc2)n1.Cl. The Morgan fingerprint density at radius 1 is 1.38 bits per heavy atom. The molecule has 0 amide bonds. The molecule has 1 atom stereocenters. The van der Waals surface area contributed by atoms with Gasteiger partial charge in [-0.2, -0.15) is 0 Å². The Labute approximate surface area is 134 Å². The molecule has 2 heterocycles. The zero-order valence-corrected chi connectivity index (χ0v) is 13.5. The Kier molecular flexibility index (Phi) is 5.70. The highest BCUT2D eigenvalue weighted by atomic mass is 35.5. The second-order valence-electron chi connectivity index (χ2n) is 5.17. The third-order valence-electron chi connectivity index (χ3n) is 3.65. The van der Waals surface area contributed by atoms with E-state index in [0.717, 1.165) is 42.4 Å². The molecule has 3 rings (SSSR count). The van der Waals surface area contributed by atoms with E-state index in [9.17, 15) is 4.39 Å². The van der Waals surface area contributed by atoms with Crippen LogP contribution in [0.15, 0.2) is 29.6 Å². The average Bonchev–Trinajstić information content (AvgIpc) is 2.91. The lowest BCUT2D eigenvalue weighted by Crippen LogP contribution is -2.49. The molecule has 0 saturated carbocycles. The van der Waals surface area contributed by atoms with E-state index >= 15 is 0 Å². The normalized spacial score (nSPS) is 19.2. The van der Waals surface area contributed by atoms with Gasteiger partial charge in [0.05, 0.1) is 5.69 Å². The van der Waals surface area contributed by atoms with E-state index in [0.29, 0.717) is 6.04 Å². The van der Waals surface area contributed by atoms with Crippen molar-refractivity contribution in [2.75, 3.05) is 19.6 Å². The summed E-state index contributed by atoms with van der Waals surface area (Å²) in [5, 5.41) is 6.46. The molecule has 1 fully saturated rings. The van der Waals surface area contributed by atoms with Crippen LogP contribution in [-0.2, 0) is 6.54 Å². The molecular weight excluding hydrogens is 309 g/mol. The monoisotopic (exact) mass is 327 g/mol. The van der Waals surface area contributed by atoms with E-state index in [4.69, 9.17) is 0 Å². The van der Waals surface area contributed by atoms with Crippen LogP contribution in [0.3, 0.4) is 0 Å². The molecule has 6 heteroatoms. The highest BCUT2D eigenvalue weighted by molar-refractivity contribution is 7.13. The average molecular weight is 328 g/mol. The van der Waals surface area contributed by atoms with Gasteiger partial charge >= 0.3 is 0 Å². The largest absolute Gasteiger partial charge is 0.314 e. The lowest BCUT2D eigenvalue weighted by molar-refractivity contribution is 0.164. The zero-order chi connectivity index (χ0) is 13.9. The minimum absolute atomic E-state index is 0. The van der Waals surface area contributed by atoms with E-state index in [1.807, 2.05) is 0 Å². The predicted molar refractivity (Wildman–Crippen MR) is 87.5 cm³/mol. The molecule has 1 aliphatic rings. The maximum atomic E-state index is 12.9. The molecular formula is C15H19ClFN3S. The van der Waals surface area contributed by atoms with E-state index in [1.54, 1.807) is 23.5 Å². The van der Waals surface area contributed by atoms with Crippen molar-refractivity contribution in [3.63, 3.8) is 0 Å². The van der Waals surface area contributed by atoms with Gasteiger partial charge in [-0.3, -0.25) is 4.90 Å². The second kappa shape index (κ2) is 7.31. The molecule has 2 aromatic rings. The van der Waals surface area contributed by atoms with Crippen LogP contribution in [0.4, 0.5) is 4.39 Å². The van der Waals surface area contributed by atoms with Gasteiger partial charge in [-0.1, -0.05) is 0 Å². The number of halogens is 2. The minimum Gasteiger partial charge on any atom is -0.314 e. The number of thiazole rings is 1. The van der Waals surface area contributed by atoms with Crippen LogP contribution in [0.2, 0.25) is 0 Å². The predicted octanol–water partition coefficient (Wildman–Crippen LogP) is 3.16. The lowest BCUT2D eigenvalue weighted by Gasteiger charge is -2.33. The summed E-state index contributed by atoms with van der Waals surface area (Å²) >= 11 is 1.62. The zero-order valence-electron chi connectivity index (χ0n) is 11.9. The van der Waals surface area contributed by atoms with Crippen molar-refractivity contribution in [3.8, 4) is 10.6 Å². The van der Waals surface area contributed by atoms with Gasteiger partial charge in [0.15, 0.2) is 0 Å². The molecule has 1 aromatic carbocycles. The number of hydrogen-bond donors (Lipinski definition) is 1. The van der Waals surface area contributed by atoms with Crippen molar-refractivity contribution in [1.82, 2.24) is 15.2 Å². The van der Waals surface area contributed by atoms with Gasteiger partial charge in [0.1, 0.15) is 10.8 Å². The number of nitrogens with one attached hydrogen (secondary N) is 1. The maximum absolute atomic E-state index is 12.9. The number of rotatable bonds is 3. The summed E-state index contributed by atoms with van der Waals surface area (Å²) in [6.45, 7) is 6.26. The van der Waals surface area contributed by atoms with Gasteiger partial charge in [0, 0.05) is 43.2 Å². The highest BCUT2D eigenvalue weighted by Crippen LogP contribution is 2.24. The molecule has 114 valence electrons. The third-order valence-corrected chi connectivity index (χ3v) is 4.59. The van der Waals surface area contributed by atoms with E-state index in [1.165, 1.54) is 12.1 Å². The van der Waals surface area contributed by atoms with Crippen LogP contribution in [0.5, 0.6) is 0 Å². The fourth-order valence-electron chi connectivity index (χ4n) is 2.43. The molecule has 0 aliphatic carbocycles. The van der Waals surface area contributed by atoms with E-state index < -0.39 is 0 Å². The van der Waals surface area contributed by atoms with Gasteiger partial charge in [-0.05, 0) is 31.2 Å². The van der Waals surface area contributed by atoms with Crippen molar-refractivity contribution in [2.45, 2.75) is 19.5 Å². The van der Waals surface area contributed by atoms with Crippen LogP contribution in [0.25, 0.3) is 10.6 Å². The van der Waals surface area contributed by atoms with Crippen molar-refractivity contribution < 1.29 is 4.39 Å². The van der Waals surface area contributed by atoms with Crippen LogP contribution in [0.1, 0.15) is 12.6 Å². The lowest BCUT2D eigenvalue weighted by atomic mass is 10.2. The van der Waals surface area contributed by atoms with Crippen LogP contribution in [-0.4, -0.2) is 35.6 Å². The molecule has 3 nitrogen and oxygen atoms in total. The van der Waals surface area contributed by atoms with Gasteiger partial charge in [-0.25, -0.2) is 9.37 Å². The number of aromatic nitrogens is 1. The molecule has 1 N–H and O–H groups in total. The van der Waals surface area contributed by atoms with Crippen LogP contribution in [0, 0.1) is 5.82 Å². The first-order chi connectivity index (χ1) is 9.72. The standard InChI is InChI=1S/C15H18FN3S.ClH/c1-11-8-17-6-7-19(11)9-14-10-20-15(18-14)12-2-4-13(16)5-3-12;/h2-5,10-11,17H,6-9H2,1H3;1H/t11-;/m0./s1. The van der Waals surface area contributed by atoms with Crippen molar-refractivity contribution in [3.05, 3.63) is 41.2 Å². The Morgan fingerprint density at radius 2 is 2.14 bits per heavy atom. The summed E-state index contributed by atoms with van der Waals surface area (Å²) in [6, 6.07) is 7.07. The number of hydrogen-bond acceptors (Lipinski definition) is 4. The highest BCUT2D eigenvalue weighted by Gasteiger charge is 2.18. The maximum Gasteiger partial charge on any atom is 0.123 e. The van der Waals surface area contributed by atoms with Gasteiger partial charge in [0.25, 0.3) is 0 Å². The van der Waals surface area contributed by atoms with Crippen molar-refractivity contribution >= 4 is 23.7 Å². The summed E-state index contributed by atoms with van der Waals surface area (Å²) in [4.78, 5) is 7.12. The first-order valence-electron chi connectivity index (χ1n) is 6.87. The fourth-order valence-corrected chi connectivity index (χ4v) is 3.25. The molecule has 1 aromatic heterocycles. The molecule has 21 heavy (non-hydrogen) atoms. The first-order valence-corrected chi connectivity index (χ1v) is 7.75. The number of nitrogens with zero attached hydrogens (tertiary/aromatic N) is 2. The molecule has 1 aliphatic heterocycles. The molecule has 1 saturated heterocycles. The minimum atomic E-state index is -0.208. The Hall–Kier alpha value is -1.01. The number of piperazine rings is 1. The smallest absolute Gasteiger partial charge is 0.123 e. The van der Waals surface area contributed by atoms with E-state index in [2.05, 4.69) is 27.5 Å². The van der Waals surface area contributed by atoms with E-state index in [-0.39, 0.29) is 18.2 Å². The Bertz CT molecular complexity index is 573. The third kappa shape index (κ3) is 4.01. The van der Waals surface area contributed by atoms with Crippen LogP contribution >= 0.6 is 23.7 Å². The van der Waals surface area contributed by atoms with Gasteiger partial charge < -0.3 is 5.32 Å². The molecule has 0 radical (unpaired) electrons. The first kappa shape index (κ1) is 16.4. The summed E-state index contributed by atoms with van der Waals surface area (Å²) in [5.74, 6) is -0.208. The summed E-state index contributed by atoms with van der Waals surface area (Å²) < 4.78 is 12.9. The number of benzene rings is 1. The van der Waals surface area contributed by atoms with Gasteiger partial charge in [-0.15, -0.1) is 23.7 Å². The molecule has 0 bridgehead atoms. The molecule has 0 spiro atoms. The second-order valence-corrected chi connectivity index (χ2v) is 6.03. The van der Waals surface area contributed by atoms with Crippen LogP contribution < -0.4 is 5.32 Å². The topological polar surface area (TPSA) is 28.2 Å². The van der Waals surface area contributed by atoms with Crippen molar-refractivity contribution in [2.24, 2.45) is 0 Å². The summed E-state index contributed by atoms with van der Waals surface area (Å²) in [5.41, 5.74) is 2.08. The van der Waals surface area contributed by atoms with Gasteiger partial charge in [0.2, 0.25) is 0 Å². The summed E-state index contributed by atoms with van der Waals surface area (Å²) in [6.07, 6.45) is 0.